The van der Waals surface area contributed by atoms with Crippen molar-refractivity contribution in [3.05, 3.63) is 316 Å². The Bertz CT molecular complexity index is 157. The molecule has 2 heteroatoms. The first kappa shape index (κ1) is 207. The van der Waals surface area contributed by atoms with Gasteiger partial charge in [0, 0.05) is 7.11 Å². The summed E-state index contributed by atoms with van der Waals surface area (Å²) in [5.41, 5.74) is 0. The van der Waals surface area contributed by atoms with Crippen molar-refractivity contribution in [1.29, 1.82) is 0 Å². The molecule has 0 aliphatic carbocycles. The van der Waals surface area contributed by atoms with Crippen LogP contribution in [0, 0.1) is 0 Å². The zero-order valence-electron chi connectivity index (χ0n) is 37.2. The van der Waals surface area contributed by atoms with E-state index in [-0.39, 0.29) is 6.61 Å². The van der Waals surface area contributed by atoms with Crippen molar-refractivity contribution in [3.8, 4) is 0 Å². The topological polar surface area (TPSA) is 29.5 Å². The number of methoxy groups -OCH3 is 1. The number of aliphatic hydroxyl groups excluding tert-OH is 1. The highest BCUT2D eigenvalue weighted by molar-refractivity contribution is 4.27. The first-order valence-electron chi connectivity index (χ1n) is 13.5. The summed E-state index contributed by atoms with van der Waals surface area (Å²) in [6.45, 7) is 145. The van der Waals surface area contributed by atoms with Crippen LogP contribution in [-0.4, -0.2) is 25.4 Å². The molecule has 0 saturated heterocycles. The highest BCUT2D eigenvalue weighted by atomic mass is 16.5. The fourth-order valence-corrected chi connectivity index (χ4v) is 0.0913. The molecule has 0 aliphatic heterocycles. The van der Waals surface area contributed by atoms with Gasteiger partial charge in [0.25, 0.3) is 0 Å². The molecule has 0 rings (SSSR count). The van der Waals surface area contributed by atoms with Gasteiger partial charge in [0.1, 0.15) is 0 Å². The molecule has 0 amide bonds. The maximum Gasteiger partial charge on any atom is 0.0693 e. The Morgan fingerprint density at radius 1 is 0.208 bits per heavy atom. The Kier molecular flexibility index (Phi) is 32300. The first-order chi connectivity index (χ1) is 26.4. The van der Waals surface area contributed by atoms with Crippen LogP contribution in [0.4, 0.5) is 0 Å². The quantitative estimate of drug-likeness (QED) is 0.285. The van der Waals surface area contributed by atoms with Crippen LogP contribution in [0.25, 0.3) is 0 Å². The maximum absolute atomic E-state index is 7.94. The van der Waals surface area contributed by atoms with Crippen molar-refractivity contribution < 1.29 is 9.84 Å². The fraction of sp³-hybridized carbons (Fsp3) is 0.0588. The zero-order chi connectivity index (χ0) is 52.1. The summed E-state index contributed by atoms with van der Waals surface area (Å²) >= 11 is 0. The zero-order valence-corrected chi connectivity index (χ0v) is 37.2. The van der Waals surface area contributed by atoms with E-state index in [0.29, 0.717) is 6.61 Å². The van der Waals surface area contributed by atoms with Crippen LogP contribution in [0.5, 0.6) is 0 Å². The van der Waals surface area contributed by atoms with Gasteiger partial charge < -0.3 is 9.84 Å². The van der Waals surface area contributed by atoms with Crippen molar-refractivity contribution in [2.75, 3.05) is 20.3 Å². The van der Waals surface area contributed by atoms with Crippen LogP contribution in [0.1, 0.15) is 0 Å². The molecule has 1 N–H and O–H groups in total. The van der Waals surface area contributed by atoms with Crippen molar-refractivity contribution in [2.24, 2.45) is 0 Å². The summed E-state index contributed by atoms with van der Waals surface area (Å²) in [5, 5.41) is 7.94. The molecule has 2 nitrogen and oxygen atoms in total. The van der Waals surface area contributed by atoms with Gasteiger partial charge in [-0.1, -0.05) is 0 Å². The van der Waals surface area contributed by atoms with Crippen molar-refractivity contribution in [2.45, 2.75) is 0 Å². The van der Waals surface area contributed by atoms with Crippen LogP contribution in [0.15, 0.2) is 316 Å². The number of aliphatic hydroxyl groups is 1. The Labute approximate surface area is 344 Å². The molecule has 53 heavy (non-hydrogen) atoms. The SMILES string of the molecule is C=C.C=C.C=C.C=C.C=C.C=C.C=C.C=C.C=C.C=C.C=C.C=C.C=C.C=C.C=C.C=C.C=C.C=C.C=C.C=C.C=C.C=C.C=C.C=C.COCCO. The minimum absolute atomic E-state index is 0.122. The van der Waals surface area contributed by atoms with Gasteiger partial charge >= 0.3 is 0 Å². The van der Waals surface area contributed by atoms with Gasteiger partial charge in [-0.15, -0.1) is 316 Å². The predicted octanol–water partition coefficient (Wildman–Crippen LogP) is 18.9. The molecule has 0 aromatic carbocycles. The smallest absolute Gasteiger partial charge is 0.0693 e. The van der Waals surface area contributed by atoms with Gasteiger partial charge in [0.2, 0.25) is 0 Å². The van der Waals surface area contributed by atoms with E-state index < -0.39 is 0 Å². The fourth-order valence-electron chi connectivity index (χ4n) is 0.0913. The lowest BCUT2D eigenvalue weighted by molar-refractivity contribution is 0.135. The largest absolute Gasteiger partial charge is 0.394 e. The van der Waals surface area contributed by atoms with Crippen LogP contribution in [0.3, 0.4) is 0 Å². The van der Waals surface area contributed by atoms with E-state index in [4.69, 9.17) is 5.11 Å². The third-order valence-electron chi connectivity index (χ3n) is 0.295. The van der Waals surface area contributed by atoms with Gasteiger partial charge in [-0.3, -0.25) is 0 Å². The molecule has 0 saturated carbocycles. The molecule has 0 radical (unpaired) electrons. The highest BCUT2D eigenvalue weighted by Gasteiger charge is 1.67. The standard InChI is InChI=1S/C3H8O2.24C2H4/c1-5-3-2-4;24*1-2/h4H,2-3H2,1H3;24*1-2H2. The van der Waals surface area contributed by atoms with Crippen LogP contribution < -0.4 is 0 Å². The van der Waals surface area contributed by atoms with Gasteiger partial charge in [-0.25, -0.2) is 0 Å². The van der Waals surface area contributed by atoms with E-state index >= 15 is 0 Å². The van der Waals surface area contributed by atoms with Crippen molar-refractivity contribution >= 4 is 0 Å². The summed E-state index contributed by atoms with van der Waals surface area (Å²) in [5.74, 6) is 0. The van der Waals surface area contributed by atoms with Gasteiger partial charge in [0.05, 0.1) is 13.2 Å². The first-order valence-corrected chi connectivity index (χ1v) is 13.5. The average Bonchev–Trinajstić information content (AvgIpc) is 3.39. The van der Waals surface area contributed by atoms with E-state index in [2.05, 4.69) is 321 Å². The molecule has 0 aromatic rings. The third kappa shape index (κ3) is 4670. The van der Waals surface area contributed by atoms with E-state index in [1.54, 1.807) is 7.11 Å². The molecule has 0 aliphatic rings. The second-order valence-corrected chi connectivity index (χ2v) is 0.716. The van der Waals surface area contributed by atoms with Gasteiger partial charge in [-0.05, 0) is 0 Å². The highest BCUT2D eigenvalue weighted by Crippen LogP contribution is 1.56. The summed E-state index contributed by atoms with van der Waals surface area (Å²) in [6.07, 6.45) is 0. The molecular formula is C51H104O2. The summed E-state index contributed by atoms with van der Waals surface area (Å²) in [6, 6.07) is 0. The molecule has 320 valence electrons. The third-order valence-corrected chi connectivity index (χ3v) is 0.295. The predicted molar refractivity (Wildman–Crippen MR) is 289 cm³/mol. The number of ether oxygens (including phenoxy) is 1. The van der Waals surface area contributed by atoms with E-state index in [0.717, 1.165) is 0 Å². The monoisotopic (exact) mass is 749 g/mol. The van der Waals surface area contributed by atoms with Crippen molar-refractivity contribution in [3.63, 3.8) is 0 Å². The number of hydrogen-bond donors (Lipinski definition) is 1. The van der Waals surface area contributed by atoms with Crippen LogP contribution >= 0.6 is 0 Å². The van der Waals surface area contributed by atoms with Crippen LogP contribution in [0.2, 0.25) is 0 Å². The van der Waals surface area contributed by atoms with Gasteiger partial charge in [-0.2, -0.15) is 0 Å². The van der Waals surface area contributed by atoms with E-state index in [9.17, 15) is 0 Å². The summed E-state index contributed by atoms with van der Waals surface area (Å²) in [4.78, 5) is 0. The molecular weight excluding hydrogens is 645 g/mol. The lowest BCUT2D eigenvalue weighted by Gasteiger charge is -1.84. The van der Waals surface area contributed by atoms with Gasteiger partial charge in [0.15, 0.2) is 0 Å². The minimum atomic E-state index is 0.122. The second kappa shape index (κ2) is 8270. The Morgan fingerprint density at radius 3 is 0.264 bits per heavy atom. The average molecular weight is 749 g/mol. The van der Waals surface area contributed by atoms with Crippen LogP contribution in [-0.2, 0) is 4.74 Å². The lowest BCUT2D eigenvalue weighted by Crippen LogP contribution is -1.91. The molecule has 0 unspecified atom stereocenters. The molecule has 0 aromatic heterocycles. The normalized spacial score (nSPS) is 2.60. The molecule has 0 fully saturated rings. The summed E-state index contributed by atoms with van der Waals surface area (Å²) < 4.78 is 4.44. The maximum atomic E-state index is 7.94. The second-order valence-electron chi connectivity index (χ2n) is 0.716. The minimum Gasteiger partial charge on any atom is -0.394 e. The number of hydrogen-bond acceptors (Lipinski definition) is 2. The Hall–Kier alpha value is -6.32. The molecule has 0 spiro atoms. The summed E-state index contributed by atoms with van der Waals surface area (Å²) in [7, 11) is 1.55. The number of rotatable bonds is 2. The van der Waals surface area contributed by atoms with E-state index in [1.807, 2.05) is 0 Å². The molecule has 0 atom stereocenters. The van der Waals surface area contributed by atoms with Crippen molar-refractivity contribution in [1.82, 2.24) is 0 Å². The Morgan fingerprint density at radius 2 is 0.264 bits per heavy atom. The Balaban J connectivity index is -0.00000000674. The molecule has 0 heterocycles. The molecule has 0 bridgehead atoms. The lowest BCUT2D eigenvalue weighted by atomic mass is 10.8. The van der Waals surface area contributed by atoms with E-state index in [1.165, 1.54) is 0 Å².